The molecule has 0 fully saturated rings. The van der Waals surface area contributed by atoms with Gasteiger partial charge in [-0.1, -0.05) is 70.5 Å². The van der Waals surface area contributed by atoms with Gasteiger partial charge in [0, 0.05) is 18.5 Å². The lowest BCUT2D eigenvalue weighted by molar-refractivity contribution is 0.129. The standard InChI is InChI=1S/C23H23BrO/c24-14-1-2-15-25-16-4-7-17-8-9-20-11-10-18-5-3-6-19-12-13-21(17)23(20)22(18)19/h3,5-6,8-13H,1-2,4,7,14-16H2. The summed E-state index contributed by atoms with van der Waals surface area (Å²) in [7, 11) is 0. The Morgan fingerprint density at radius 2 is 1.36 bits per heavy atom. The van der Waals surface area contributed by atoms with Crippen LogP contribution in [0.5, 0.6) is 0 Å². The molecule has 0 N–H and O–H groups in total. The average Bonchev–Trinajstić information content (AvgIpc) is 2.66. The molecule has 0 unspecified atom stereocenters. The molecule has 0 atom stereocenters. The average molecular weight is 395 g/mol. The summed E-state index contributed by atoms with van der Waals surface area (Å²) in [5.74, 6) is 0. The van der Waals surface area contributed by atoms with Gasteiger partial charge in [-0.25, -0.2) is 0 Å². The second-order valence-electron chi connectivity index (χ2n) is 6.69. The minimum atomic E-state index is 0.851. The second-order valence-corrected chi connectivity index (χ2v) is 7.49. The number of halogens is 1. The van der Waals surface area contributed by atoms with Gasteiger partial charge >= 0.3 is 0 Å². The highest BCUT2D eigenvalue weighted by Gasteiger charge is 2.10. The minimum Gasteiger partial charge on any atom is -0.381 e. The number of aryl methyl sites for hydroxylation is 1. The Hall–Kier alpha value is -1.64. The normalized spacial score (nSPS) is 11.9. The van der Waals surface area contributed by atoms with Crippen molar-refractivity contribution in [2.75, 3.05) is 18.5 Å². The number of hydrogen-bond acceptors (Lipinski definition) is 1. The highest BCUT2D eigenvalue weighted by atomic mass is 79.9. The van der Waals surface area contributed by atoms with Crippen LogP contribution in [0.4, 0.5) is 0 Å². The highest BCUT2D eigenvalue weighted by molar-refractivity contribution is 9.09. The molecule has 128 valence electrons. The third-order valence-electron chi connectivity index (χ3n) is 5.03. The highest BCUT2D eigenvalue weighted by Crippen LogP contribution is 2.36. The molecule has 0 spiro atoms. The monoisotopic (exact) mass is 394 g/mol. The Morgan fingerprint density at radius 1 is 0.680 bits per heavy atom. The van der Waals surface area contributed by atoms with Crippen LogP contribution < -0.4 is 0 Å². The minimum absolute atomic E-state index is 0.851. The molecule has 0 saturated heterocycles. The van der Waals surface area contributed by atoms with Crippen LogP contribution in [0.25, 0.3) is 32.3 Å². The summed E-state index contributed by atoms with van der Waals surface area (Å²) < 4.78 is 5.76. The van der Waals surface area contributed by atoms with Gasteiger partial charge in [0.05, 0.1) is 0 Å². The van der Waals surface area contributed by atoms with E-state index in [9.17, 15) is 0 Å². The van der Waals surface area contributed by atoms with E-state index in [1.807, 2.05) is 0 Å². The van der Waals surface area contributed by atoms with Gasteiger partial charge in [-0.15, -0.1) is 0 Å². The van der Waals surface area contributed by atoms with Crippen molar-refractivity contribution in [3.63, 3.8) is 0 Å². The van der Waals surface area contributed by atoms with Crippen molar-refractivity contribution >= 4 is 48.2 Å². The second kappa shape index (κ2) is 7.72. The summed E-state index contributed by atoms with van der Waals surface area (Å²) in [4.78, 5) is 0. The van der Waals surface area contributed by atoms with Crippen molar-refractivity contribution < 1.29 is 4.74 Å². The lowest BCUT2D eigenvalue weighted by Crippen LogP contribution is -1.99. The van der Waals surface area contributed by atoms with Crippen molar-refractivity contribution in [1.29, 1.82) is 0 Å². The van der Waals surface area contributed by atoms with Crippen molar-refractivity contribution in [1.82, 2.24) is 0 Å². The van der Waals surface area contributed by atoms with E-state index in [2.05, 4.69) is 70.5 Å². The number of rotatable bonds is 8. The van der Waals surface area contributed by atoms with E-state index in [4.69, 9.17) is 4.74 Å². The number of ether oxygens (including phenoxy) is 1. The fraction of sp³-hybridized carbons (Fsp3) is 0.304. The van der Waals surface area contributed by atoms with E-state index in [0.29, 0.717) is 0 Å². The molecule has 4 aromatic rings. The van der Waals surface area contributed by atoms with Gasteiger partial charge in [-0.3, -0.25) is 0 Å². The molecule has 0 heterocycles. The Bertz CT molecular complexity index is 960. The molecule has 4 rings (SSSR count). The first-order chi connectivity index (χ1) is 12.4. The maximum atomic E-state index is 5.76. The summed E-state index contributed by atoms with van der Waals surface area (Å²) >= 11 is 3.46. The molecule has 0 amide bonds. The smallest absolute Gasteiger partial charge is 0.0469 e. The molecular formula is C23H23BrO. The van der Waals surface area contributed by atoms with Crippen molar-refractivity contribution in [3.8, 4) is 0 Å². The SMILES string of the molecule is BrCCCCOCCCc1ccc2ccc3cccc4ccc1c2c34. The van der Waals surface area contributed by atoms with E-state index in [0.717, 1.165) is 37.8 Å². The van der Waals surface area contributed by atoms with Gasteiger partial charge in [0.15, 0.2) is 0 Å². The van der Waals surface area contributed by atoms with Crippen LogP contribution in [0.1, 0.15) is 24.8 Å². The topological polar surface area (TPSA) is 9.23 Å². The Labute approximate surface area is 157 Å². The molecule has 1 nitrogen and oxygen atoms in total. The van der Waals surface area contributed by atoms with Crippen LogP contribution in [0.3, 0.4) is 0 Å². The van der Waals surface area contributed by atoms with Crippen molar-refractivity contribution in [2.24, 2.45) is 0 Å². The van der Waals surface area contributed by atoms with E-state index in [-0.39, 0.29) is 0 Å². The van der Waals surface area contributed by atoms with Crippen LogP contribution in [0.15, 0.2) is 54.6 Å². The van der Waals surface area contributed by atoms with Gasteiger partial charge in [-0.2, -0.15) is 0 Å². The lowest BCUT2D eigenvalue weighted by Gasteiger charge is -2.14. The quantitative estimate of drug-likeness (QED) is 0.183. The Morgan fingerprint density at radius 3 is 2.16 bits per heavy atom. The molecule has 0 saturated carbocycles. The van der Waals surface area contributed by atoms with Gasteiger partial charge in [0.25, 0.3) is 0 Å². The summed E-state index contributed by atoms with van der Waals surface area (Å²) in [5, 5.41) is 9.32. The Balaban J connectivity index is 1.58. The predicted octanol–water partition coefficient (Wildman–Crippen LogP) is 6.71. The zero-order valence-electron chi connectivity index (χ0n) is 14.4. The van der Waals surface area contributed by atoms with Gasteiger partial charge in [0.2, 0.25) is 0 Å². The van der Waals surface area contributed by atoms with Crippen LogP contribution >= 0.6 is 15.9 Å². The van der Waals surface area contributed by atoms with E-state index in [1.165, 1.54) is 44.3 Å². The van der Waals surface area contributed by atoms with E-state index < -0.39 is 0 Å². The maximum Gasteiger partial charge on any atom is 0.0469 e. The van der Waals surface area contributed by atoms with Gasteiger partial charge < -0.3 is 4.74 Å². The lowest BCUT2D eigenvalue weighted by atomic mass is 9.91. The maximum absolute atomic E-state index is 5.76. The van der Waals surface area contributed by atoms with Crippen LogP contribution in [-0.2, 0) is 11.2 Å². The molecule has 0 aliphatic rings. The van der Waals surface area contributed by atoms with Crippen molar-refractivity contribution in [3.05, 3.63) is 60.2 Å². The van der Waals surface area contributed by atoms with Gasteiger partial charge in [0.1, 0.15) is 0 Å². The number of unbranched alkanes of at least 4 members (excludes halogenated alkanes) is 1. The summed E-state index contributed by atoms with van der Waals surface area (Å²) in [5.41, 5.74) is 1.44. The Kier molecular flexibility index (Phi) is 5.19. The molecule has 4 aromatic carbocycles. The van der Waals surface area contributed by atoms with E-state index in [1.54, 1.807) is 0 Å². The molecular weight excluding hydrogens is 372 g/mol. The fourth-order valence-electron chi connectivity index (χ4n) is 3.78. The molecule has 0 radical (unpaired) electrons. The fourth-order valence-corrected chi connectivity index (χ4v) is 4.18. The van der Waals surface area contributed by atoms with Crippen LogP contribution in [0.2, 0.25) is 0 Å². The summed E-state index contributed by atoms with van der Waals surface area (Å²) in [6.07, 6.45) is 4.49. The van der Waals surface area contributed by atoms with Gasteiger partial charge in [-0.05, 0) is 63.6 Å². The van der Waals surface area contributed by atoms with Crippen LogP contribution in [0, 0.1) is 0 Å². The number of hydrogen-bond donors (Lipinski definition) is 0. The molecule has 2 heteroatoms. The zero-order valence-corrected chi connectivity index (χ0v) is 16.0. The first kappa shape index (κ1) is 16.8. The zero-order chi connectivity index (χ0) is 17.1. The van der Waals surface area contributed by atoms with Crippen molar-refractivity contribution in [2.45, 2.75) is 25.7 Å². The van der Waals surface area contributed by atoms with Crippen LogP contribution in [-0.4, -0.2) is 18.5 Å². The number of alkyl halides is 1. The third kappa shape index (κ3) is 3.38. The number of benzene rings is 4. The first-order valence-corrected chi connectivity index (χ1v) is 10.3. The molecule has 0 aliphatic carbocycles. The molecule has 0 aliphatic heterocycles. The van der Waals surface area contributed by atoms with E-state index >= 15 is 0 Å². The predicted molar refractivity (Wildman–Crippen MR) is 112 cm³/mol. The third-order valence-corrected chi connectivity index (χ3v) is 5.59. The molecule has 0 aromatic heterocycles. The molecule has 25 heavy (non-hydrogen) atoms. The first-order valence-electron chi connectivity index (χ1n) is 9.17. The summed E-state index contributed by atoms with van der Waals surface area (Å²) in [6.45, 7) is 1.73. The molecule has 0 bridgehead atoms. The largest absolute Gasteiger partial charge is 0.381 e. The summed E-state index contributed by atoms with van der Waals surface area (Å²) in [6, 6.07) is 20.2.